The monoisotopic (exact) mass is 377 g/mol. The number of hydrogen-bond acceptors (Lipinski definition) is 3. The molecule has 0 saturated carbocycles. The van der Waals surface area contributed by atoms with Crippen LogP contribution in [0.1, 0.15) is 26.2 Å². The fourth-order valence-electron chi connectivity index (χ4n) is 1.60. The molecule has 0 aliphatic heterocycles. The molecule has 100 valence electrons. The Bertz CT molecular complexity index is 410. The number of anilines is 1. The Labute approximate surface area is 125 Å². The molecule has 1 aromatic carbocycles. The van der Waals surface area contributed by atoms with Crippen molar-refractivity contribution in [2.75, 3.05) is 12.4 Å². The van der Waals surface area contributed by atoms with Crippen molar-refractivity contribution in [2.24, 2.45) is 0 Å². The largest absolute Gasteiger partial charge is 0.467 e. The first-order valence-electron chi connectivity index (χ1n) is 5.88. The molecule has 1 unspecified atom stereocenters. The van der Waals surface area contributed by atoms with E-state index in [2.05, 4.69) is 44.1 Å². The van der Waals surface area contributed by atoms with Crippen molar-refractivity contribution in [3.63, 3.8) is 0 Å². The highest BCUT2D eigenvalue weighted by atomic mass is 79.9. The van der Waals surface area contributed by atoms with E-state index in [0.717, 1.165) is 33.9 Å². The number of benzene rings is 1. The van der Waals surface area contributed by atoms with Crippen LogP contribution in [0.15, 0.2) is 27.1 Å². The molecule has 0 radical (unpaired) electrons. The quantitative estimate of drug-likeness (QED) is 0.747. The van der Waals surface area contributed by atoms with E-state index in [1.807, 2.05) is 18.2 Å². The maximum absolute atomic E-state index is 11.7. The number of halogens is 2. The number of hydrogen-bond donors (Lipinski definition) is 1. The number of carbonyl (C=O) groups is 1. The van der Waals surface area contributed by atoms with Crippen LogP contribution in [0.4, 0.5) is 5.69 Å². The molecule has 0 heterocycles. The molecule has 1 rings (SSSR count). The first kappa shape index (κ1) is 15.5. The highest BCUT2D eigenvalue weighted by molar-refractivity contribution is 9.11. The van der Waals surface area contributed by atoms with Gasteiger partial charge in [-0.15, -0.1) is 0 Å². The summed E-state index contributed by atoms with van der Waals surface area (Å²) in [5, 5.41) is 3.22. The van der Waals surface area contributed by atoms with E-state index in [9.17, 15) is 4.79 Å². The molecule has 0 fully saturated rings. The molecule has 0 aromatic heterocycles. The van der Waals surface area contributed by atoms with E-state index >= 15 is 0 Å². The summed E-state index contributed by atoms with van der Waals surface area (Å²) in [6.45, 7) is 2.10. The molecule has 0 amide bonds. The van der Waals surface area contributed by atoms with Crippen molar-refractivity contribution in [1.82, 2.24) is 0 Å². The predicted molar refractivity (Wildman–Crippen MR) is 80.8 cm³/mol. The van der Waals surface area contributed by atoms with Crippen LogP contribution in [0, 0.1) is 0 Å². The first-order chi connectivity index (χ1) is 8.58. The molecule has 1 aromatic rings. The summed E-state index contributed by atoms with van der Waals surface area (Å²) in [6, 6.07) is 5.50. The molecule has 1 atom stereocenters. The smallest absolute Gasteiger partial charge is 0.328 e. The van der Waals surface area contributed by atoms with Crippen LogP contribution in [0.25, 0.3) is 0 Å². The van der Waals surface area contributed by atoms with Gasteiger partial charge in [-0.2, -0.15) is 0 Å². The van der Waals surface area contributed by atoms with Crippen molar-refractivity contribution in [2.45, 2.75) is 32.2 Å². The lowest BCUT2D eigenvalue weighted by atomic mass is 10.1. The van der Waals surface area contributed by atoms with Gasteiger partial charge in [-0.05, 0) is 40.5 Å². The van der Waals surface area contributed by atoms with Crippen molar-refractivity contribution in [3.05, 3.63) is 27.1 Å². The number of methoxy groups -OCH3 is 1. The maximum atomic E-state index is 11.7. The van der Waals surface area contributed by atoms with E-state index in [1.165, 1.54) is 7.11 Å². The average molecular weight is 379 g/mol. The predicted octanol–water partition coefficient (Wildman–Crippen LogP) is 4.36. The summed E-state index contributed by atoms with van der Waals surface area (Å²) in [5.74, 6) is -0.227. The Hall–Kier alpha value is -0.550. The van der Waals surface area contributed by atoms with Crippen LogP contribution in [0.3, 0.4) is 0 Å². The summed E-state index contributed by atoms with van der Waals surface area (Å²) >= 11 is 6.88. The molecule has 0 saturated heterocycles. The SMILES string of the molecule is CCCCC(Nc1cc(Br)ccc1Br)C(=O)OC. The van der Waals surface area contributed by atoms with E-state index in [4.69, 9.17) is 4.74 Å². The minimum atomic E-state index is -0.305. The van der Waals surface area contributed by atoms with Gasteiger partial charge in [0.1, 0.15) is 6.04 Å². The van der Waals surface area contributed by atoms with Crippen LogP contribution in [0.2, 0.25) is 0 Å². The van der Waals surface area contributed by atoms with Crippen molar-refractivity contribution in [1.29, 1.82) is 0 Å². The minimum Gasteiger partial charge on any atom is -0.467 e. The molecule has 18 heavy (non-hydrogen) atoms. The van der Waals surface area contributed by atoms with E-state index in [1.54, 1.807) is 0 Å². The summed E-state index contributed by atoms with van der Waals surface area (Å²) < 4.78 is 6.72. The van der Waals surface area contributed by atoms with Gasteiger partial charge in [-0.25, -0.2) is 4.79 Å². The Morgan fingerprint density at radius 3 is 2.78 bits per heavy atom. The number of esters is 1. The number of unbranched alkanes of at least 4 members (excludes halogenated alkanes) is 1. The molecule has 3 nitrogen and oxygen atoms in total. The van der Waals surface area contributed by atoms with Gasteiger partial charge >= 0.3 is 5.97 Å². The molecule has 0 spiro atoms. The summed E-state index contributed by atoms with van der Waals surface area (Å²) in [5.41, 5.74) is 0.885. The maximum Gasteiger partial charge on any atom is 0.328 e. The van der Waals surface area contributed by atoms with Crippen molar-refractivity contribution in [3.8, 4) is 0 Å². The Balaban J connectivity index is 2.81. The Kier molecular flexibility index (Phi) is 6.71. The highest BCUT2D eigenvalue weighted by Gasteiger charge is 2.19. The van der Waals surface area contributed by atoms with E-state index in [-0.39, 0.29) is 12.0 Å². The Morgan fingerprint density at radius 2 is 2.17 bits per heavy atom. The second-order valence-electron chi connectivity index (χ2n) is 3.99. The van der Waals surface area contributed by atoms with Gasteiger partial charge in [0.15, 0.2) is 0 Å². The minimum absolute atomic E-state index is 0.227. The van der Waals surface area contributed by atoms with Crippen molar-refractivity contribution < 1.29 is 9.53 Å². The number of nitrogens with one attached hydrogen (secondary N) is 1. The van der Waals surface area contributed by atoms with Gasteiger partial charge in [0.2, 0.25) is 0 Å². The van der Waals surface area contributed by atoms with Gasteiger partial charge in [0.25, 0.3) is 0 Å². The van der Waals surface area contributed by atoms with Gasteiger partial charge in [-0.1, -0.05) is 35.7 Å². The van der Waals surface area contributed by atoms with Gasteiger partial charge in [0, 0.05) is 8.95 Å². The fourth-order valence-corrected chi connectivity index (χ4v) is 2.32. The zero-order valence-electron chi connectivity index (χ0n) is 10.5. The third kappa shape index (κ3) is 4.61. The zero-order chi connectivity index (χ0) is 13.5. The highest BCUT2D eigenvalue weighted by Crippen LogP contribution is 2.27. The second kappa shape index (κ2) is 7.79. The van der Waals surface area contributed by atoms with Crippen LogP contribution >= 0.6 is 31.9 Å². The molecular formula is C13H17Br2NO2. The van der Waals surface area contributed by atoms with Crippen LogP contribution < -0.4 is 5.32 Å². The average Bonchev–Trinajstić information content (AvgIpc) is 2.37. The first-order valence-corrected chi connectivity index (χ1v) is 7.46. The van der Waals surface area contributed by atoms with Gasteiger partial charge in [0.05, 0.1) is 12.8 Å². The molecule has 1 N–H and O–H groups in total. The number of rotatable bonds is 6. The normalized spacial score (nSPS) is 12.0. The Morgan fingerprint density at radius 1 is 1.44 bits per heavy atom. The van der Waals surface area contributed by atoms with Gasteiger partial charge < -0.3 is 10.1 Å². The van der Waals surface area contributed by atoms with Crippen LogP contribution in [0.5, 0.6) is 0 Å². The van der Waals surface area contributed by atoms with Crippen LogP contribution in [-0.4, -0.2) is 19.1 Å². The summed E-state index contributed by atoms with van der Waals surface area (Å²) in [7, 11) is 1.42. The topological polar surface area (TPSA) is 38.3 Å². The van der Waals surface area contributed by atoms with Gasteiger partial charge in [-0.3, -0.25) is 0 Å². The molecule has 5 heteroatoms. The lowest BCUT2D eigenvalue weighted by molar-refractivity contribution is -0.141. The second-order valence-corrected chi connectivity index (χ2v) is 5.76. The fraction of sp³-hybridized carbons (Fsp3) is 0.462. The lowest BCUT2D eigenvalue weighted by Crippen LogP contribution is -2.30. The van der Waals surface area contributed by atoms with Crippen LogP contribution in [-0.2, 0) is 9.53 Å². The van der Waals surface area contributed by atoms with E-state index in [0.29, 0.717) is 0 Å². The number of carbonyl (C=O) groups excluding carboxylic acids is 1. The molecule has 0 aliphatic rings. The summed E-state index contributed by atoms with van der Waals surface area (Å²) in [4.78, 5) is 11.7. The third-order valence-electron chi connectivity index (χ3n) is 2.59. The zero-order valence-corrected chi connectivity index (χ0v) is 13.7. The third-order valence-corrected chi connectivity index (χ3v) is 3.77. The van der Waals surface area contributed by atoms with Crippen molar-refractivity contribution >= 4 is 43.5 Å². The standard InChI is InChI=1S/C13H17Br2NO2/c1-3-4-5-11(13(17)18-2)16-12-8-9(14)6-7-10(12)15/h6-8,11,16H,3-5H2,1-2H3. The molecule has 0 aliphatic carbocycles. The van der Waals surface area contributed by atoms with E-state index < -0.39 is 0 Å². The molecular weight excluding hydrogens is 362 g/mol. The lowest BCUT2D eigenvalue weighted by Gasteiger charge is -2.18. The number of ether oxygens (including phenoxy) is 1. The molecule has 0 bridgehead atoms. The summed E-state index contributed by atoms with van der Waals surface area (Å²) in [6.07, 6.45) is 2.80.